The molecule has 0 aromatic rings. The van der Waals surface area contributed by atoms with Gasteiger partial charge in [-0.3, -0.25) is 28.8 Å². The zero-order valence-electron chi connectivity index (χ0n) is 20.5. The van der Waals surface area contributed by atoms with Crippen molar-refractivity contribution in [1.29, 1.82) is 0 Å². The minimum Gasteiger partial charge on any atom is -0.381 e. The number of carbonyl (C=O) groups excluding carboxylic acids is 6. The molecule has 10 nitrogen and oxygen atoms in total. The van der Waals surface area contributed by atoms with Crippen LogP contribution in [0.5, 0.6) is 0 Å². The van der Waals surface area contributed by atoms with Crippen LogP contribution in [0.15, 0.2) is 0 Å². The van der Waals surface area contributed by atoms with Crippen LogP contribution in [0.25, 0.3) is 0 Å². The van der Waals surface area contributed by atoms with E-state index < -0.39 is 49.3 Å². The van der Waals surface area contributed by atoms with E-state index >= 15 is 0 Å². The molecule has 10 heteroatoms. The van der Waals surface area contributed by atoms with Crippen LogP contribution in [0.3, 0.4) is 0 Å². The number of Topliss-reactive ketones (excluding diaryl/α,β-unsaturated/α-hetero) is 3. The zero-order valence-corrected chi connectivity index (χ0v) is 20.5. The van der Waals surface area contributed by atoms with Gasteiger partial charge in [0.1, 0.15) is 18.9 Å². The Bertz CT molecular complexity index is 656. The highest BCUT2D eigenvalue weighted by atomic mass is 16.5. The number of nitrogens with zero attached hydrogens (tertiary/aromatic N) is 1. The summed E-state index contributed by atoms with van der Waals surface area (Å²) in [7, 11) is 0. The van der Waals surface area contributed by atoms with Crippen LogP contribution in [0.4, 0.5) is 0 Å². The van der Waals surface area contributed by atoms with Gasteiger partial charge >= 0.3 is 0 Å². The smallest absolute Gasteiger partial charge is 0.240 e. The third-order valence-electron chi connectivity index (χ3n) is 4.93. The van der Waals surface area contributed by atoms with Gasteiger partial charge in [-0.25, -0.2) is 0 Å². The molecule has 0 aliphatic heterocycles. The van der Waals surface area contributed by atoms with Crippen molar-refractivity contribution in [1.82, 2.24) is 15.5 Å². The Balaban J connectivity index is 5.14. The van der Waals surface area contributed by atoms with Crippen molar-refractivity contribution in [3.05, 3.63) is 0 Å². The monoisotopic (exact) mass is 469 g/mol. The molecule has 0 fully saturated rings. The van der Waals surface area contributed by atoms with Gasteiger partial charge in [0.05, 0.1) is 18.5 Å². The maximum atomic E-state index is 12.7. The highest BCUT2D eigenvalue weighted by Gasteiger charge is 2.25. The highest BCUT2D eigenvalue weighted by Crippen LogP contribution is 2.03. The fourth-order valence-corrected chi connectivity index (χ4v) is 3.03. The molecule has 0 spiro atoms. The fourth-order valence-electron chi connectivity index (χ4n) is 3.03. The molecule has 0 heterocycles. The number of nitrogens with one attached hydrogen (secondary N) is 2. The average Bonchev–Trinajstić information content (AvgIpc) is 2.74. The fraction of sp³-hybridized carbons (Fsp3) is 0.739. The molecular formula is C23H39N3O7. The topological polar surface area (TPSA) is 139 Å². The number of ether oxygens (including phenoxy) is 1. The quantitative estimate of drug-likeness (QED) is 0.225. The summed E-state index contributed by atoms with van der Waals surface area (Å²) in [4.78, 5) is 73.9. The minimum atomic E-state index is -0.699. The predicted octanol–water partition coefficient (Wildman–Crippen LogP) is 0.949. The Morgan fingerprint density at radius 3 is 1.67 bits per heavy atom. The number of ketones is 3. The van der Waals surface area contributed by atoms with E-state index in [1.807, 2.05) is 6.92 Å². The van der Waals surface area contributed by atoms with E-state index in [-0.39, 0.29) is 23.8 Å². The molecule has 0 aliphatic carbocycles. The summed E-state index contributed by atoms with van der Waals surface area (Å²) in [5.74, 6) is -2.68. The van der Waals surface area contributed by atoms with Gasteiger partial charge in [-0.15, -0.1) is 0 Å². The SMILES string of the molecule is CCCOCCCC(=O)CC(=O)N(CC(=O)NC(CC)C(C)=O)CC(=O)NC(CC)C(C)=O. The number of hydrogen-bond acceptors (Lipinski definition) is 7. The summed E-state index contributed by atoms with van der Waals surface area (Å²) in [6.07, 6.45) is 1.79. The predicted molar refractivity (Wildman–Crippen MR) is 122 cm³/mol. The van der Waals surface area contributed by atoms with Gasteiger partial charge in [-0.05, 0) is 39.5 Å². The molecule has 0 saturated carbocycles. The van der Waals surface area contributed by atoms with E-state index in [0.717, 1.165) is 11.3 Å². The molecule has 33 heavy (non-hydrogen) atoms. The van der Waals surface area contributed by atoms with Crippen LogP contribution < -0.4 is 10.6 Å². The second-order valence-electron chi connectivity index (χ2n) is 7.96. The zero-order chi connectivity index (χ0) is 25.4. The molecule has 0 radical (unpaired) electrons. The van der Waals surface area contributed by atoms with Crippen LogP contribution in [-0.2, 0) is 33.5 Å². The first-order valence-corrected chi connectivity index (χ1v) is 11.5. The molecule has 0 saturated heterocycles. The summed E-state index contributed by atoms with van der Waals surface area (Å²) in [6, 6.07) is -1.40. The van der Waals surface area contributed by atoms with Gasteiger partial charge in [-0.1, -0.05) is 20.8 Å². The van der Waals surface area contributed by atoms with Gasteiger partial charge in [0, 0.05) is 19.6 Å². The van der Waals surface area contributed by atoms with Crippen molar-refractivity contribution in [2.24, 2.45) is 0 Å². The first-order valence-electron chi connectivity index (χ1n) is 11.5. The molecule has 2 N–H and O–H groups in total. The Morgan fingerprint density at radius 2 is 1.27 bits per heavy atom. The van der Waals surface area contributed by atoms with Crippen molar-refractivity contribution in [2.45, 2.75) is 85.2 Å². The van der Waals surface area contributed by atoms with E-state index in [9.17, 15) is 28.8 Å². The standard InChI is InChI=1S/C23H39N3O7/c1-6-11-33-12-9-10-18(29)13-23(32)26(14-21(30)24-19(7-2)16(4)27)15-22(31)25-20(8-3)17(5)28/h19-20H,6-15H2,1-5H3,(H,24,30)(H,25,31). The Labute approximate surface area is 196 Å². The summed E-state index contributed by atoms with van der Waals surface area (Å²) in [5.41, 5.74) is 0. The van der Waals surface area contributed by atoms with Crippen LogP contribution in [0.1, 0.15) is 73.1 Å². The molecule has 2 unspecified atom stereocenters. The Morgan fingerprint density at radius 1 is 0.788 bits per heavy atom. The normalized spacial score (nSPS) is 12.4. The van der Waals surface area contributed by atoms with Crippen molar-refractivity contribution < 1.29 is 33.5 Å². The molecule has 2 atom stereocenters. The van der Waals surface area contributed by atoms with E-state index in [4.69, 9.17) is 4.74 Å². The molecule has 0 aromatic carbocycles. The van der Waals surface area contributed by atoms with Crippen LogP contribution >= 0.6 is 0 Å². The lowest BCUT2D eigenvalue weighted by atomic mass is 10.1. The van der Waals surface area contributed by atoms with E-state index in [1.165, 1.54) is 13.8 Å². The van der Waals surface area contributed by atoms with Crippen molar-refractivity contribution in [3.8, 4) is 0 Å². The first kappa shape index (κ1) is 30.4. The van der Waals surface area contributed by atoms with E-state index in [0.29, 0.717) is 32.5 Å². The molecular weight excluding hydrogens is 430 g/mol. The molecule has 0 aliphatic rings. The van der Waals surface area contributed by atoms with Gasteiger partial charge in [-0.2, -0.15) is 0 Å². The van der Waals surface area contributed by atoms with Crippen molar-refractivity contribution in [3.63, 3.8) is 0 Å². The third-order valence-corrected chi connectivity index (χ3v) is 4.93. The first-order chi connectivity index (χ1) is 15.5. The van der Waals surface area contributed by atoms with Gasteiger partial charge in [0.25, 0.3) is 0 Å². The largest absolute Gasteiger partial charge is 0.381 e. The van der Waals surface area contributed by atoms with Crippen LogP contribution in [0.2, 0.25) is 0 Å². The number of amides is 3. The highest BCUT2D eigenvalue weighted by molar-refractivity contribution is 6.01. The minimum absolute atomic E-state index is 0.145. The lowest BCUT2D eigenvalue weighted by Crippen LogP contribution is -2.50. The maximum absolute atomic E-state index is 12.7. The molecule has 188 valence electrons. The maximum Gasteiger partial charge on any atom is 0.240 e. The average molecular weight is 470 g/mol. The van der Waals surface area contributed by atoms with Gasteiger partial charge in [0.2, 0.25) is 17.7 Å². The second-order valence-corrected chi connectivity index (χ2v) is 7.96. The van der Waals surface area contributed by atoms with Gasteiger partial charge in [0.15, 0.2) is 11.6 Å². The molecule has 3 amide bonds. The summed E-state index contributed by atoms with van der Waals surface area (Å²) in [5, 5.41) is 5.06. The number of hydrogen-bond donors (Lipinski definition) is 2. The summed E-state index contributed by atoms with van der Waals surface area (Å²) < 4.78 is 5.32. The van der Waals surface area contributed by atoms with Crippen LogP contribution in [0, 0.1) is 0 Å². The van der Waals surface area contributed by atoms with Crippen molar-refractivity contribution >= 4 is 35.1 Å². The molecule has 0 rings (SSSR count). The third kappa shape index (κ3) is 13.5. The summed E-state index contributed by atoms with van der Waals surface area (Å²) in [6.45, 7) is 8.18. The summed E-state index contributed by atoms with van der Waals surface area (Å²) >= 11 is 0. The van der Waals surface area contributed by atoms with E-state index in [2.05, 4.69) is 10.6 Å². The van der Waals surface area contributed by atoms with E-state index in [1.54, 1.807) is 13.8 Å². The molecule has 0 bridgehead atoms. The lowest BCUT2D eigenvalue weighted by molar-refractivity contribution is -0.142. The lowest BCUT2D eigenvalue weighted by Gasteiger charge is -2.24. The Hall–Kier alpha value is -2.62. The van der Waals surface area contributed by atoms with Crippen LogP contribution in [-0.4, -0.2) is 78.4 Å². The number of carbonyl (C=O) groups is 6. The Kier molecular flexibility index (Phi) is 15.6. The van der Waals surface area contributed by atoms with Gasteiger partial charge < -0.3 is 20.3 Å². The molecule has 0 aromatic heterocycles. The van der Waals surface area contributed by atoms with Crippen molar-refractivity contribution in [2.75, 3.05) is 26.3 Å². The number of rotatable bonds is 18. The second kappa shape index (κ2) is 16.9.